The van der Waals surface area contributed by atoms with Crippen LogP contribution in [0.4, 0.5) is 5.95 Å². The molecule has 0 radical (unpaired) electrons. The minimum atomic E-state index is -0.408. The molecule has 2 rings (SSSR count). The van der Waals surface area contributed by atoms with Gasteiger partial charge >= 0.3 is 5.69 Å². The Hall–Kier alpha value is -2.05. The smallest absolute Gasteiger partial charge is 0.330 e. The van der Waals surface area contributed by atoms with Gasteiger partial charge in [-0.1, -0.05) is 13.8 Å². The van der Waals surface area contributed by atoms with Crippen LogP contribution in [0.5, 0.6) is 0 Å². The second-order valence-electron chi connectivity index (χ2n) is 4.87. The van der Waals surface area contributed by atoms with Crippen molar-refractivity contribution >= 4 is 17.1 Å². The first-order valence-corrected chi connectivity index (χ1v) is 6.40. The summed E-state index contributed by atoms with van der Waals surface area (Å²) in [4.78, 5) is 30.6. The average molecular weight is 265 g/mol. The van der Waals surface area contributed by atoms with Crippen molar-refractivity contribution in [2.45, 2.75) is 33.9 Å². The molecule has 2 aromatic rings. The van der Waals surface area contributed by atoms with Gasteiger partial charge in [-0.25, -0.2) is 4.79 Å². The largest absolute Gasteiger partial charge is 0.359 e. The number of aromatic amines is 1. The van der Waals surface area contributed by atoms with Crippen molar-refractivity contribution in [1.82, 2.24) is 19.1 Å². The van der Waals surface area contributed by atoms with E-state index in [9.17, 15) is 9.59 Å². The van der Waals surface area contributed by atoms with Gasteiger partial charge in [0.25, 0.3) is 5.56 Å². The van der Waals surface area contributed by atoms with Gasteiger partial charge in [-0.05, 0) is 12.8 Å². The molecular formula is C12H19N5O2. The van der Waals surface area contributed by atoms with E-state index in [2.05, 4.69) is 15.3 Å². The maximum Gasteiger partial charge on any atom is 0.330 e. The predicted octanol–water partition coefficient (Wildman–Crippen LogP) is 0.604. The van der Waals surface area contributed by atoms with E-state index < -0.39 is 11.2 Å². The van der Waals surface area contributed by atoms with Gasteiger partial charge in [0.2, 0.25) is 5.95 Å². The number of nitrogens with zero attached hydrogens (tertiary/aromatic N) is 3. The van der Waals surface area contributed by atoms with Gasteiger partial charge in [-0.15, -0.1) is 0 Å². The number of aromatic nitrogens is 4. The number of imidazole rings is 1. The van der Waals surface area contributed by atoms with Gasteiger partial charge in [0.15, 0.2) is 11.2 Å². The highest BCUT2D eigenvalue weighted by atomic mass is 16.2. The van der Waals surface area contributed by atoms with Crippen molar-refractivity contribution < 1.29 is 0 Å². The lowest BCUT2D eigenvalue weighted by Crippen LogP contribution is -2.32. The monoisotopic (exact) mass is 265 g/mol. The second kappa shape index (κ2) is 4.91. The molecule has 0 aliphatic rings. The van der Waals surface area contributed by atoms with Crippen molar-refractivity contribution in [3.05, 3.63) is 20.8 Å². The fourth-order valence-electron chi connectivity index (χ4n) is 2.21. The minimum absolute atomic E-state index is 0.289. The van der Waals surface area contributed by atoms with Crippen LogP contribution < -0.4 is 16.6 Å². The molecule has 0 aliphatic heterocycles. The van der Waals surface area contributed by atoms with E-state index in [1.165, 1.54) is 4.57 Å². The second-order valence-corrected chi connectivity index (χ2v) is 4.87. The molecule has 0 saturated carbocycles. The molecular weight excluding hydrogens is 246 g/mol. The third-order valence-corrected chi connectivity index (χ3v) is 2.97. The molecule has 0 saturated heterocycles. The highest BCUT2D eigenvalue weighted by Gasteiger charge is 2.17. The number of aryl methyl sites for hydroxylation is 1. The zero-order valence-electron chi connectivity index (χ0n) is 11.6. The fourth-order valence-corrected chi connectivity index (χ4v) is 2.21. The van der Waals surface area contributed by atoms with E-state index in [1.54, 1.807) is 11.6 Å². The van der Waals surface area contributed by atoms with E-state index in [0.717, 1.165) is 0 Å². The molecule has 0 atom stereocenters. The minimum Gasteiger partial charge on any atom is -0.359 e. The van der Waals surface area contributed by atoms with Crippen molar-refractivity contribution in [2.75, 3.05) is 12.4 Å². The Morgan fingerprint density at radius 2 is 2.00 bits per heavy atom. The summed E-state index contributed by atoms with van der Waals surface area (Å²) in [6.45, 7) is 7.09. The van der Waals surface area contributed by atoms with E-state index >= 15 is 0 Å². The molecule has 7 heteroatoms. The van der Waals surface area contributed by atoms with Crippen LogP contribution in [-0.2, 0) is 13.1 Å². The number of anilines is 1. The number of hydrogen-bond donors (Lipinski definition) is 2. The summed E-state index contributed by atoms with van der Waals surface area (Å²) >= 11 is 0. The van der Waals surface area contributed by atoms with Gasteiger partial charge in [0, 0.05) is 20.1 Å². The standard InChI is InChI=1S/C12H19N5O2/c1-5-16-8-9(14-11(16)13-4)17(6-7(2)3)12(19)15-10(8)18/h7H,5-6H2,1-4H3,(H,13,14)(H,15,18,19). The van der Waals surface area contributed by atoms with Gasteiger partial charge in [0.05, 0.1) is 0 Å². The summed E-state index contributed by atoms with van der Waals surface area (Å²) in [6, 6.07) is 0. The van der Waals surface area contributed by atoms with Crippen LogP contribution in [0.25, 0.3) is 11.2 Å². The van der Waals surface area contributed by atoms with Crippen LogP contribution in [0.1, 0.15) is 20.8 Å². The summed E-state index contributed by atoms with van der Waals surface area (Å²) in [5.41, 5.74) is 0.0752. The molecule has 2 heterocycles. The SMILES string of the molecule is CCn1c(NC)nc2c1c(=O)[nH]c(=O)n2CC(C)C. The molecule has 0 bridgehead atoms. The highest BCUT2D eigenvalue weighted by molar-refractivity contribution is 5.74. The van der Waals surface area contributed by atoms with Crippen LogP contribution in [0.3, 0.4) is 0 Å². The zero-order chi connectivity index (χ0) is 14.2. The number of fused-ring (bicyclic) bond motifs is 1. The highest BCUT2D eigenvalue weighted by Crippen LogP contribution is 2.15. The third-order valence-electron chi connectivity index (χ3n) is 2.97. The topological polar surface area (TPSA) is 84.7 Å². The normalized spacial score (nSPS) is 11.4. The van der Waals surface area contributed by atoms with Gasteiger partial charge < -0.3 is 9.88 Å². The third kappa shape index (κ3) is 2.16. The van der Waals surface area contributed by atoms with Crippen molar-refractivity contribution in [3.63, 3.8) is 0 Å². The first kappa shape index (κ1) is 13.4. The maximum absolute atomic E-state index is 12.0. The fraction of sp³-hybridized carbons (Fsp3) is 0.583. The number of rotatable bonds is 4. The average Bonchev–Trinajstić information content (AvgIpc) is 2.72. The molecule has 19 heavy (non-hydrogen) atoms. The molecule has 7 nitrogen and oxygen atoms in total. The van der Waals surface area contributed by atoms with Crippen LogP contribution in [-0.4, -0.2) is 26.1 Å². The van der Waals surface area contributed by atoms with Crippen LogP contribution in [0, 0.1) is 5.92 Å². The Labute approximate surface area is 110 Å². The molecule has 0 aliphatic carbocycles. The first-order chi connectivity index (χ1) is 8.99. The Bertz CT molecular complexity index is 707. The lowest BCUT2D eigenvalue weighted by Gasteiger charge is -2.08. The molecule has 2 aromatic heterocycles. The maximum atomic E-state index is 12.0. The lowest BCUT2D eigenvalue weighted by atomic mass is 10.2. The summed E-state index contributed by atoms with van der Waals surface area (Å²) < 4.78 is 3.29. The van der Waals surface area contributed by atoms with Crippen molar-refractivity contribution in [3.8, 4) is 0 Å². The number of hydrogen-bond acceptors (Lipinski definition) is 4. The van der Waals surface area contributed by atoms with Gasteiger partial charge in [0.1, 0.15) is 0 Å². The van der Waals surface area contributed by atoms with Crippen LogP contribution >= 0.6 is 0 Å². The Kier molecular flexibility index (Phi) is 3.46. The molecule has 104 valence electrons. The van der Waals surface area contributed by atoms with Gasteiger partial charge in [-0.2, -0.15) is 4.98 Å². The quantitative estimate of drug-likeness (QED) is 0.848. The molecule has 0 spiro atoms. The number of nitrogens with one attached hydrogen (secondary N) is 2. The van der Waals surface area contributed by atoms with Gasteiger partial charge in [-0.3, -0.25) is 14.3 Å². The van der Waals surface area contributed by atoms with Crippen molar-refractivity contribution in [2.24, 2.45) is 5.92 Å². The van der Waals surface area contributed by atoms with E-state index in [0.29, 0.717) is 30.2 Å². The molecule has 0 unspecified atom stereocenters. The van der Waals surface area contributed by atoms with Crippen molar-refractivity contribution in [1.29, 1.82) is 0 Å². The zero-order valence-corrected chi connectivity index (χ0v) is 11.6. The summed E-state index contributed by atoms with van der Waals surface area (Å²) in [5.74, 6) is 0.878. The Morgan fingerprint density at radius 1 is 1.32 bits per heavy atom. The summed E-state index contributed by atoms with van der Waals surface area (Å²) in [5, 5.41) is 2.95. The number of H-pyrrole nitrogens is 1. The molecule has 0 fully saturated rings. The van der Waals surface area contributed by atoms with E-state index in [4.69, 9.17) is 0 Å². The predicted molar refractivity (Wildman–Crippen MR) is 74.7 cm³/mol. The summed E-state index contributed by atoms with van der Waals surface area (Å²) in [7, 11) is 1.74. The van der Waals surface area contributed by atoms with E-state index in [-0.39, 0.29) is 5.92 Å². The first-order valence-electron chi connectivity index (χ1n) is 6.40. The van der Waals surface area contributed by atoms with Crippen LogP contribution in [0.2, 0.25) is 0 Å². The van der Waals surface area contributed by atoms with Crippen LogP contribution in [0.15, 0.2) is 9.59 Å². The molecule has 0 amide bonds. The molecule has 0 aromatic carbocycles. The Morgan fingerprint density at radius 3 is 2.53 bits per heavy atom. The van der Waals surface area contributed by atoms with E-state index in [1.807, 2.05) is 20.8 Å². The Balaban J connectivity index is 2.87. The summed E-state index contributed by atoms with van der Waals surface area (Å²) in [6.07, 6.45) is 0. The lowest BCUT2D eigenvalue weighted by molar-refractivity contribution is 0.513. The molecule has 2 N–H and O–H groups in total.